The van der Waals surface area contributed by atoms with E-state index in [1.807, 2.05) is 61.0 Å². The van der Waals surface area contributed by atoms with E-state index in [1.54, 1.807) is 12.1 Å². The van der Waals surface area contributed by atoms with Gasteiger partial charge in [0.15, 0.2) is 0 Å². The number of fused-ring (bicyclic) bond motifs is 1. The van der Waals surface area contributed by atoms with Gasteiger partial charge in [0.1, 0.15) is 11.4 Å². The van der Waals surface area contributed by atoms with Crippen molar-refractivity contribution < 1.29 is 13.2 Å². The largest absolute Gasteiger partial charge is 0.494 e. The maximum absolute atomic E-state index is 11.6. The zero-order chi connectivity index (χ0) is 20.6. The minimum absolute atomic E-state index is 0.0773. The Hall–Kier alpha value is -3.16. The van der Waals surface area contributed by atoms with Crippen molar-refractivity contribution in [2.45, 2.75) is 18.7 Å². The molecule has 0 spiro atoms. The maximum atomic E-state index is 11.6. The van der Waals surface area contributed by atoms with E-state index in [0.29, 0.717) is 6.61 Å². The fourth-order valence-corrected chi connectivity index (χ4v) is 3.87. The molecule has 6 nitrogen and oxygen atoms in total. The number of primary sulfonamides is 1. The van der Waals surface area contributed by atoms with Crippen molar-refractivity contribution in [3.05, 3.63) is 72.4 Å². The average molecular weight is 407 g/mol. The third kappa shape index (κ3) is 3.74. The normalized spacial score (nSPS) is 11.7. The van der Waals surface area contributed by atoms with Crippen LogP contribution < -0.4 is 9.88 Å². The number of rotatable bonds is 5. The third-order valence-electron chi connectivity index (χ3n) is 4.67. The first-order valence-corrected chi connectivity index (χ1v) is 10.8. The van der Waals surface area contributed by atoms with Crippen molar-refractivity contribution in [2.75, 3.05) is 6.61 Å². The summed E-state index contributed by atoms with van der Waals surface area (Å²) in [5.41, 5.74) is 5.50. The third-order valence-corrected chi connectivity index (χ3v) is 5.60. The Morgan fingerprint density at radius 2 is 1.79 bits per heavy atom. The van der Waals surface area contributed by atoms with Crippen LogP contribution in [0.4, 0.5) is 0 Å². The molecule has 2 aromatic heterocycles. The molecule has 148 valence electrons. The number of nitrogens with zero attached hydrogens (tertiary/aromatic N) is 2. The summed E-state index contributed by atoms with van der Waals surface area (Å²) in [5.74, 6) is 0.772. The quantitative estimate of drug-likeness (QED) is 0.541. The lowest BCUT2D eigenvalue weighted by Crippen LogP contribution is -2.11. The molecule has 4 rings (SSSR count). The summed E-state index contributed by atoms with van der Waals surface area (Å²) >= 11 is 0. The molecule has 0 saturated heterocycles. The smallest absolute Gasteiger partial charge is 0.238 e. The monoisotopic (exact) mass is 407 g/mol. The van der Waals surface area contributed by atoms with E-state index >= 15 is 0 Å². The lowest BCUT2D eigenvalue weighted by Gasteiger charge is -2.07. The topological polar surface area (TPSA) is 86.7 Å². The second-order valence-corrected chi connectivity index (χ2v) is 8.35. The van der Waals surface area contributed by atoms with Crippen LogP contribution in [-0.2, 0) is 10.0 Å². The summed E-state index contributed by atoms with van der Waals surface area (Å²) < 4.78 is 30.7. The molecule has 0 aliphatic rings. The van der Waals surface area contributed by atoms with Crippen LogP contribution in [0.2, 0.25) is 0 Å². The summed E-state index contributed by atoms with van der Waals surface area (Å²) in [6.07, 6.45) is 1.97. The highest BCUT2D eigenvalue weighted by Gasteiger charge is 2.18. The number of hydrogen-bond donors (Lipinski definition) is 1. The van der Waals surface area contributed by atoms with E-state index in [0.717, 1.165) is 39.2 Å². The van der Waals surface area contributed by atoms with Crippen LogP contribution in [-0.4, -0.2) is 24.6 Å². The van der Waals surface area contributed by atoms with Crippen molar-refractivity contribution in [3.8, 4) is 28.1 Å². The van der Waals surface area contributed by atoms with Gasteiger partial charge in [-0.25, -0.2) is 18.1 Å². The lowest BCUT2D eigenvalue weighted by atomic mass is 9.99. The second kappa shape index (κ2) is 7.35. The molecule has 7 heteroatoms. The summed E-state index contributed by atoms with van der Waals surface area (Å²) in [5, 5.41) is 10.1. The maximum Gasteiger partial charge on any atom is 0.238 e. The predicted octanol–water partition coefficient (Wildman–Crippen LogP) is 4.02. The SMILES string of the molecule is CCOc1cccc(-c2nn3cc(C)ccc3c2-c2ccc(S(N)(=O)=O)cc2)c1. The molecular weight excluding hydrogens is 386 g/mol. The van der Waals surface area contributed by atoms with Crippen LogP contribution in [0.5, 0.6) is 5.75 Å². The van der Waals surface area contributed by atoms with E-state index in [2.05, 4.69) is 0 Å². The summed E-state index contributed by atoms with van der Waals surface area (Å²) in [7, 11) is -3.75. The molecular formula is C22H21N3O3S. The van der Waals surface area contributed by atoms with E-state index in [-0.39, 0.29) is 4.90 Å². The van der Waals surface area contributed by atoms with Crippen molar-refractivity contribution in [1.82, 2.24) is 9.61 Å². The fraction of sp³-hybridized carbons (Fsp3) is 0.136. The Labute approximate surface area is 169 Å². The molecule has 0 amide bonds. The molecule has 29 heavy (non-hydrogen) atoms. The van der Waals surface area contributed by atoms with Gasteiger partial charge >= 0.3 is 0 Å². The van der Waals surface area contributed by atoms with E-state index in [4.69, 9.17) is 15.0 Å². The molecule has 2 aromatic carbocycles. The van der Waals surface area contributed by atoms with Gasteiger partial charge in [-0.05, 0) is 55.3 Å². The number of nitrogens with two attached hydrogens (primary N) is 1. The first-order chi connectivity index (χ1) is 13.9. The van der Waals surface area contributed by atoms with Gasteiger partial charge in [0.25, 0.3) is 0 Å². The Kier molecular flexibility index (Phi) is 4.86. The highest BCUT2D eigenvalue weighted by Crippen LogP contribution is 2.36. The molecule has 0 saturated carbocycles. The first-order valence-electron chi connectivity index (χ1n) is 9.22. The Balaban J connectivity index is 1.95. The number of aromatic nitrogens is 2. The van der Waals surface area contributed by atoms with Crippen LogP contribution >= 0.6 is 0 Å². The molecule has 2 N–H and O–H groups in total. The van der Waals surface area contributed by atoms with E-state index < -0.39 is 10.0 Å². The zero-order valence-electron chi connectivity index (χ0n) is 16.2. The van der Waals surface area contributed by atoms with Gasteiger partial charge in [-0.15, -0.1) is 0 Å². The number of sulfonamides is 1. The van der Waals surface area contributed by atoms with Crippen molar-refractivity contribution in [3.63, 3.8) is 0 Å². The van der Waals surface area contributed by atoms with E-state index in [1.165, 1.54) is 12.1 Å². The Morgan fingerprint density at radius 1 is 1.03 bits per heavy atom. The van der Waals surface area contributed by atoms with Crippen LogP contribution in [0.25, 0.3) is 27.9 Å². The molecule has 0 aliphatic carbocycles. The molecule has 0 unspecified atom stereocenters. The first kappa shape index (κ1) is 19.2. The predicted molar refractivity (Wildman–Crippen MR) is 113 cm³/mol. The number of aryl methyl sites for hydroxylation is 1. The second-order valence-electron chi connectivity index (χ2n) is 6.79. The summed E-state index contributed by atoms with van der Waals surface area (Å²) in [6.45, 7) is 4.53. The van der Waals surface area contributed by atoms with Crippen LogP contribution in [0, 0.1) is 6.92 Å². The zero-order valence-corrected chi connectivity index (χ0v) is 17.0. The number of benzene rings is 2. The Bertz CT molecular complexity index is 1290. The molecule has 0 aliphatic heterocycles. The summed E-state index contributed by atoms with van der Waals surface area (Å²) in [6, 6.07) is 18.4. The molecule has 0 fully saturated rings. The summed E-state index contributed by atoms with van der Waals surface area (Å²) in [4.78, 5) is 0.0773. The number of hydrogen-bond acceptors (Lipinski definition) is 4. The molecule has 0 radical (unpaired) electrons. The molecule has 0 atom stereocenters. The highest BCUT2D eigenvalue weighted by molar-refractivity contribution is 7.89. The van der Waals surface area contributed by atoms with Crippen LogP contribution in [0.3, 0.4) is 0 Å². The molecule has 0 bridgehead atoms. The number of ether oxygens (including phenoxy) is 1. The van der Waals surface area contributed by atoms with Gasteiger partial charge in [0.05, 0.1) is 17.0 Å². The van der Waals surface area contributed by atoms with Gasteiger partial charge in [-0.1, -0.05) is 30.3 Å². The minimum Gasteiger partial charge on any atom is -0.494 e. The van der Waals surface area contributed by atoms with Gasteiger partial charge in [0.2, 0.25) is 10.0 Å². The Morgan fingerprint density at radius 3 is 2.48 bits per heavy atom. The highest BCUT2D eigenvalue weighted by atomic mass is 32.2. The molecule has 4 aromatic rings. The number of pyridine rings is 1. The average Bonchev–Trinajstić information content (AvgIpc) is 3.06. The van der Waals surface area contributed by atoms with Crippen LogP contribution in [0.1, 0.15) is 12.5 Å². The standard InChI is InChI=1S/C22H21N3O3S/c1-3-28-18-6-4-5-17(13-18)22-21(20-12-7-15(2)14-25(20)24-22)16-8-10-19(11-9-16)29(23,26)27/h4-14H,3H2,1-2H3,(H2,23,26,27). The van der Waals surface area contributed by atoms with Crippen molar-refractivity contribution >= 4 is 15.5 Å². The van der Waals surface area contributed by atoms with Gasteiger partial charge in [-0.3, -0.25) is 0 Å². The minimum atomic E-state index is -3.75. The van der Waals surface area contributed by atoms with Gasteiger partial charge in [-0.2, -0.15) is 5.10 Å². The molecule has 2 heterocycles. The van der Waals surface area contributed by atoms with Crippen molar-refractivity contribution in [1.29, 1.82) is 0 Å². The van der Waals surface area contributed by atoms with Crippen LogP contribution in [0.15, 0.2) is 71.8 Å². The van der Waals surface area contributed by atoms with E-state index in [9.17, 15) is 8.42 Å². The van der Waals surface area contributed by atoms with Gasteiger partial charge in [0, 0.05) is 17.3 Å². The lowest BCUT2D eigenvalue weighted by molar-refractivity contribution is 0.340. The fourth-order valence-electron chi connectivity index (χ4n) is 3.35. The van der Waals surface area contributed by atoms with Crippen molar-refractivity contribution in [2.24, 2.45) is 5.14 Å². The van der Waals surface area contributed by atoms with Gasteiger partial charge < -0.3 is 4.74 Å².